The zero-order valence-corrected chi connectivity index (χ0v) is 6.82. The van der Waals surface area contributed by atoms with Gasteiger partial charge in [0.25, 0.3) is 0 Å². The summed E-state index contributed by atoms with van der Waals surface area (Å²) in [5, 5.41) is 9.30. The lowest BCUT2D eigenvalue weighted by Gasteiger charge is -2.06. The van der Waals surface area contributed by atoms with Gasteiger partial charge in [-0.05, 0) is 24.6 Å². The van der Waals surface area contributed by atoms with E-state index >= 15 is 0 Å². The lowest BCUT2D eigenvalue weighted by Crippen LogP contribution is -2.07. The maximum atomic E-state index is 10.7. The minimum atomic E-state index is -1.02. The van der Waals surface area contributed by atoms with Gasteiger partial charge in [-0.15, -0.1) is 0 Å². The van der Waals surface area contributed by atoms with Crippen LogP contribution in [0.25, 0.3) is 0 Å². The lowest BCUT2D eigenvalue weighted by atomic mass is 10.1. The molecule has 0 radical (unpaired) electrons. The third-order valence-electron chi connectivity index (χ3n) is 1.64. The Morgan fingerprint density at radius 2 is 1.92 bits per heavy atom. The summed E-state index contributed by atoms with van der Waals surface area (Å²) < 4.78 is 0. The molecule has 0 amide bonds. The first-order chi connectivity index (χ1) is 5.61. The average molecular weight is 165 g/mol. The highest BCUT2D eigenvalue weighted by Crippen LogP contribution is 2.14. The number of aliphatic hydroxyl groups is 1. The predicted octanol–water partition coefficient (Wildman–Crippen LogP) is 0.891. The largest absolute Gasteiger partial charge is 0.399 e. The van der Waals surface area contributed by atoms with E-state index in [1.165, 1.54) is 6.92 Å². The number of ketones is 1. The third kappa shape index (κ3) is 1.83. The molecule has 0 aliphatic carbocycles. The molecule has 1 unspecified atom stereocenters. The molecule has 64 valence electrons. The van der Waals surface area contributed by atoms with Crippen LogP contribution in [0.2, 0.25) is 0 Å². The van der Waals surface area contributed by atoms with Gasteiger partial charge in [-0.25, -0.2) is 0 Å². The van der Waals surface area contributed by atoms with Crippen molar-refractivity contribution in [1.29, 1.82) is 0 Å². The number of hydrogen-bond acceptors (Lipinski definition) is 3. The Balaban J connectivity index is 2.89. The number of rotatable bonds is 2. The molecule has 3 nitrogen and oxygen atoms in total. The van der Waals surface area contributed by atoms with Gasteiger partial charge in [0.05, 0.1) is 0 Å². The molecule has 3 heteroatoms. The van der Waals surface area contributed by atoms with Crippen LogP contribution in [-0.2, 0) is 4.79 Å². The van der Waals surface area contributed by atoms with Gasteiger partial charge in [0.1, 0.15) is 6.10 Å². The van der Waals surface area contributed by atoms with E-state index in [9.17, 15) is 9.90 Å². The summed E-state index contributed by atoms with van der Waals surface area (Å²) in [6.07, 6.45) is -1.02. The van der Waals surface area contributed by atoms with Crippen molar-refractivity contribution in [2.45, 2.75) is 13.0 Å². The van der Waals surface area contributed by atoms with E-state index in [4.69, 9.17) is 5.73 Å². The number of benzene rings is 1. The van der Waals surface area contributed by atoms with E-state index in [0.29, 0.717) is 11.3 Å². The molecule has 0 aliphatic heterocycles. The van der Waals surface area contributed by atoms with Crippen molar-refractivity contribution < 1.29 is 9.90 Å². The van der Waals surface area contributed by atoms with Crippen molar-refractivity contribution in [3.05, 3.63) is 29.8 Å². The van der Waals surface area contributed by atoms with Gasteiger partial charge in [0.2, 0.25) is 0 Å². The van der Waals surface area contributed by atoms with E-state index in [-0.39, 0.29) is 5.78 Å². The maximum Gasteiger partial charge on any atom is 0.162 e. The molecule has 1 aromatic rings. The van der Waals surface area contributed by atoms with E-state index in [1.807, 2.05) is 0 Å². The zero-order valence-electron chi connectivity index (χ0n) is 6.82. The topological polar surface area (TPSA) is 63.3 Å². The number of anilines is 1. The number of carbonyl (C=O) groups is 1. The average Bonchev–Trinajstić information content (AvgIpc) is 2.04. The maximum absolute atomic E-state index is 10.7. The SMILES string of the molecule is CC(=O)C(O)c1ccc(N)cc1. The fourth-order valence-electron chi connectivity index (χ4n) is 0.913. The van der Waals surface area contributed by atoms with Crippen LogP contribution < -0.4 is 5.73 Å². The monoisotopic (exact) mass is 165 g/mol. The van der Waals surface area contributed by atoms with Gasteiger partial charge >= 0.3 is 0 Å². The number of aliphatic hydroxyl groups excluding tert-OH is 1. The van der Waals surface area contributed by atoms with Crippen LogP contribution in [0, 0.1) is 0 Å². The van der Waals surface area contributed by atoms with E-state index in [0.717, 1.165) is 0 Å². The Kier molecular flexibility index (Phi) is 2.45. The molecule has 3 N–H and O–H groups in total. The molecule has 0 saturated carbocycles. The second kappa shape index (κ2) is 3.36. The standard InChI is InChI=1S/C9H11NO2/c1-6(11)9(12)7-2-4-8(10)5-3-7/h2-5,9,12H,10H2,1H3. The van der Waals surface area contributed by atoms with Crippen molar-refractivity contribution in [2.75, 3.05) is 5.73 Å². The number of nitrogen functional groups attached to an aromatic ring is 1. The van der Waals surface area contributed by atoms with Crippen LogP contribution in [0.3, 0.4) is 0 Å². The molecule has 0 aromatic heterocycles. The highest BCUT2D eigenvalue weighted by molar-refractivity contribution is 5.81. The van der Waals surface area contributed by atoms with Crippen molar-refractivity contribution in [3.8, 4) is 0 Å². The quantitative estimate of drug-likeness (QED) is 0.640. The minimum Gasteiger partial charge on any atom is -0.399 e. The molecular weight excluding hydrogens is 154 g/mol. The third-order valence-corrected chi connectivity index (χ3v) is 1.64. The van der Waals surface area contributed by atoms with Crippen molar-refractivity contribution in [3.63, 3.8) is 0 Å². The Bertz CT molecular complexity index is 279. The number of Topliss-reactive ketones (excluding diaryl/α,β-unsaturated/α-hetero) is 1. The van der Waals surface area contributed by atoms with E-state index in [2.05, 4.69) is 0 Å². The fraction of sp³-hybridized carbons (Fsp3) is 0.222. The molecule has 0 spiro atoms. The molecule has 12 heavy (non-hydrogen) atoms. The minimum absolute atomic E-state index is 0.264. The molecule has 1 rings (SSSR count). The molecule has 0 aliphatic rings. The summed E-state index contributed by atoms with van der Waals surface area (Å²) in [6, 6.07) is 6.59. The smallest absolute Gasteiger partial charge is 0.162 e. The number of hydrogen-bond donors (Lipinski definition) is 2. The van der Waals surface area contributed by atoms with Crippen LogP contribution in [0.4, 0.5) is 5.69 Å². The van der Waals surface area contributed by atoms with Crippen molar-refractivity contribution >= 4 is 11.5 Å². The van der Waals surface area contributed by atoms with Gasteiger partial charge in [-0.3, -0.25) is 4.79 Å². The normalized spacial score (nSPS) is 12.5. The Morgan fingerprint density at radius 3 is 2.33 bits per heavy atom. The van der Waals surface area contributed by atoms with Crippen LogP contribution >= 0.6 is 0 Å². The van der Waals surface area contributed by atoms with Gasteiger partial charge in [0, 0.05) is 5.69 Å². The van der Waals surface area contributed by atoms with Gasteiger partial charge in [0.15, 0.2) is 5.78 Å². The summed E-state index contributed by atoms with van der Waals surface area (Å²) in [7, 11) is 0. The molecule has 0 fully saturated rings. The summed E-state index contributed by atoms with van der Waals surface area (Å²) in [6.45, 7) is 1.35. The Morgan fingerprint density at radius 1 is 1.42 bits per heavy atom. The molecule has 0 saturated heterocycles. The summed E-state index contributed by atoms with van der Waals surface area (Å²) in [5.41, 5.74) is 6.64. The van der Waals surface area contributed by atoms with Gasteiger partial charge in [-0.1, -0.05) is 12.1 Å². The summed E-state index contributed by atoms with van der Waals surface area (Å²) >= 11 is 0. The van der Waals surface area contributed by atoms with Crippen LogP contribution in [0.5, 0.6) is 0 Å². The summed E-state index contributed by atoms with van der Waals surface area (Å²) in [4.78, 5) is 10.7. The molecule has 0 bridgehead atoms. The zero-order chi connectivity index (χ0) is 9.14. The number of nitrogens with two attached hydrogens (primary N) is 1. The molecule has 1 atom stereocenters. The first-order valence-electron chi connectivity index (χ1n) is 3.65. The molecular formula is C9H11NO2. The van der Waals surface area contributed by atoms with Crippen LogP contribution in [0.1, 0.15) is 18.6 Å². The predicted molar refractivity (Wildman–Crippen MR) is 46.5 cm³/mol. The fourth-order valence-corrected chi connectivity index (χ4v) is 0.913. The second-order valence-corrected chi connectivity index (χ2v) is 2.68. The number of carbonyl (C=O) groups excluding carboxylic acids is 1. The molecule has 0 heterocycles. The van der Waals surface area contributed by atoms with Crippen molar-refractivity contribution in [2.24, 2.45) is 0 Å². The Labute approximate surface area is 70.8 Å². The second-order valence-electron chi connectivity index (χ2n) is 2.68. The van der Waals surface area contributed by atoms with E-state index < -0.39 is 6.10 Å². The van der Waals surface area contributed by atoms with E-state index in [1.54, 1.807) is 24.3 Å². The Hall–Kier alpha value is -1.35. The van der Waals surface area contributed by atoms with Gasteiger partial charge < -0.3 is 10.8 Å². The van der Waals surface area contributed by atoms with Crippen LogP contribution in [-0.4, -0.2) is 10.9 Å². The van der Waals surface area contributed by atoms with Gasteiger partial charge in [-0.2, -0.15) is 0 Å². The van der Waals surface area contributed by atoms with Crippen molar-refractivity contribution in [1.82, 2.24) is 0 Å². The van der Waals surface area contributed by atoms with Crippen LogP contribution in [0.15, 0.2) is 24.3 Å². The highest BCUT2D eigenvalue weighted by atomic mass is 16.3. The first kappa shape index (κ1) is 8.74. The highest BCUT2D eigenvalue weighted by Gasteiger charge is 2.11. The molecule has 1 aromatic carbocycles. The first-order valence-corrected chi connectivity index (χ1v) is 3.65. The summed E-state index contributed by atoms with van der Waals surface area (Å²) in [5.74, 6) is -0.264. The lowest BCUT2D eigenvalue weighted by molar-refractivity contribution is -0.125.